The number of piperazine rings is 1. The third-order valence-electron chi connectivity index (χ3n) is 14.0. The molecule has 0 bridgehead atoms. The van der Waals surface area contributed by atoms with Gasteiger partial charge < -0.3 is 19.5 Å². The van der Waals surface area contributed by atoms with Gasteiger partial charge in [-0.2, -0.15) is 5.10 Å². The number of allylic oxidation sites excluding steroid dienone is 1. The molecule has 2 saturated heterocycles. The van der Waals surface area contributed by atoms with Crippen LogP contribution in [0, 0.1) is 15.5 Å². The standard InChI is InChI=1S/C49H53ClFN9O6S/c1-48(2)15-13-34(40(28-48)32-3-5-35(50)6-4-32)30-56-21-23-58(24-22-56)37-9-11-39(42(26-37)59-43-25-33-14-18-52-46(33)54-41(43)29-53-59)47(61)55-67(64,65)38-10-12-45(44(27-38)60(62)63)66-31-49(51)16-19-57(20-17-49)36-7-8-36/h3-6,9-12,14,18,25-27,29,36H,7-8,13,15-17,19-24,28,30-31H2,1-2H3,(H,52,54)(H,55,61). The Morgan fingerprint density at radius 1 is 0.985 bits per heavy atom. The van der Waals surface area contributed by atoms with Gasteiger partial charge in [0, 0.05) is 80.2 Å². The lowest BCUT2D eigenvalue weighted by molar-refractivity contribution is -0.386. The number of nitrogens with one attached hydrogen (secondary N) is 2. The first-order valence-electron chi connectivity index (χ1n) is 22.9. The van der Waals surface area contributed by atoms with Crippen molar-refractivity contribution in [2.45, 2.75) is 75.4 Å². The topological polar surface area (TPSA) is 172 Å². The summed E-state index contributed by atoms with van der Waals surface area (Å²) in [6.07, 6.45) is 9.24. The highest BCUT2D eigenvalue weighted by atomic mass is 35.5. The zero-order valence-electron chi connectivity index (χ0n) is 37.5. The average molecular weight is 951 g/mol. The molecule has 0 radical (unpaired) electrons. The molecule has 6 aromatic rings. The fraction of sp³-hybridized carbons (Fsp3) is 0.408. The number of nitro groups is 1. The van der Waals surface area contributed by atoms with E-state index in [1.807, 2.05) is 30.3 Å². The minimum Gasteiger partial charge on any atom is -0.483 e. The number of nitrogens with zero attached hydrogens (tertiary/aromatic N) is 7. The maximum absolute atomic E-state index is 15.7. The predicted octanol–water partition coefficient (Wildman–Crippen LogP) is 8.71. The molecule has 2 aliphatic carbocycles. The van der Waals surface area contributed by atoms with Gasteiger partial charge in [-0.15, -0.1) is 0 Å². The number of amides is 1. The van der Waals surface area contributed by atoms with Gasteiger partial charge in [0.1, 0.15) is 23.4 Å². The smallest absolute Gasteiger partial charge is 0.312 e. The van der Waals surface area contributed by atoms with E-state index in [-0.39, 0.29) is 29.6 Å². The normalized spacial score (nSPS) is 19.3. The van der Waals surface area contributed by atoms with Gasteiger partial charge in [-0.3, -0.25) is 19.8 Å². The van der Waals surface area contributed by atoms with Crippen LogP contribution in [0.5, 0.6) is 5.75 Å². The van der Waals surface area contributed by atoms with Crippen molar-refractivity contribution >= 4 is 66.5 Å². The summed E-state index contributed by atoms with van der Waals surface area (Å²) in [6.45, 7) is 9.33. The Balaban J connectivity index is 0.891. The van der Waals surface area contributed by atoms with Crippen LogP contribution in [0.2, 0.25) is 5.02 Å². The Labute approximate surface area is 393 Å². The number of H-pyrrole nitrogens is 1. The number of ether oxygens (including phenoxy) is 1. The van der Waals surface area contributed by atoms with Crippen molar-refractivity contribution in [1.29, 1.82) is 0 Å². The number of alkyl halides is 1. The maximum atomic E-state index is 15.7. The number of nitro benzene ring substituents is 1. The second-order valence-electron chi connectivity index (χ2n) is 19.3. The molecule has 18 heteroatoms. The molecule has 2 aliphatic heterocycles. The first kappa shape index (κ1) is 44.9. The van der Waals surface area contributed by atoms with Gasteiger partial charge in [-0.25, -0.2) is 27.2 Å². The number of fused-ring (bicyclic) bond motifs is 2. The number of halogens is 2. The van der Waals surface area contributed by atoms with Gasteiger partial charge in [0.2, 0.25) is 0 Å². The molecule has 0 unspecified atom stereocenters. The van der Waals surface area contributed by atoms with Crippen LogP contribution in [-0.4, -0.2) is 113 Å². The van der Waals surface area contributed by atoms with Crippen molar-refractivity contribution in [2.24, 2.45) is 5.41 Å². The Bertz CT molecular complexity index is 3020. The summed E-state index contributed by atoms with van der Waals surface area (Å²) in [5.41, 5.74) is 4.93. The van der Waals surface area contributed by atoms with Crippen LogP contribution in [0.3, 0.4) is 0 Å². The third kappa shape index (κ3) is 9.51. The zero-order chi connectivity index (χ0) is 46.7. The van der Waals surface area contributed by atoms with E-state index < -0.39 is 43.7 Å². The van der Waals surface area contributed by atoms with Gasteiger partial charge in [0.05, 0.1) is 32.8 Å². The van der Waals surface area contributed by atoms with E-state index >= 15 is 4.39 Å². The Kier molecular flexibility index (Phi) is 11.8. The van der Waals surface area contributed by atoms with E-state index in [0.29, 0.717) is 54.6 Å². The van der Waals surface area contributed by atoms with Crippen molar-refractivity contribution in [1.82, 2.24) is 34.3 Å². The Morgan fingerprint density at radius 3 is 2.48 bits per heavy atom. The van der Waals surface area contributed by atoms with Crippen molar-refractivity contribution in [3.8, 4) is 11.4 Å². The number of hydrogen-bond acceptors (Lipinski definition) is 11. The van der Waals surface area contributed by atoms with Crippen LogP contribution in [0.25, 0.3) is 33.3 Å². The third-order valence-corrected chi connectivity index (χ3v) is 15.5. The first-order chi connectivity index (χ1) is 32.1. The summed E-state index contributed by atoms with van der Waals surface area (Å²) in [4.78, 5) is 40.0. The van der Waals surface area contributed by atoms with E-state index in [4.69, 9.17) is 21.3 Å². The molecule has 4 aliphatic rings. The molecule has 3 aromatic carbocycles. The number of hydrogen-bond donors (Lipinski definition) is 2. The summed E-state index contributed by atoms with van der Waals surface area (Å²) in [7, 11) is -4.68. The number of sulfonamides is 1. The van der Waals surface area contributed by atoms with Crippen LogP contribution in [0.4, 0.5) is 15.8 Å². The molecule has 3 aromatic heterocycles. The molecule has 10 rings (SSSR count). The number of aromatic nitrogens is 4. The van der Waals surface area contributed by atoms with Gasteiger partial charge in [-0.05, 0) is 116 Å². The second-order valence-corrected chi connectivity index (χ2v) is 21.4. The molecule has 0 spiro atoms. The summed E-state index contributed by atoms with van der Waals surface area (Å²) < 4.78 is 52.9. The number of piperidine rings is 1. The molecule has 67 heavy (non-hydrogen) atoms. The number of anilines is 1. The minimum atomic E-state index is -4.68. The SMILES string of the molecule is CC1(C)CCC(CN2CCN(c3ccc(C(=O)NS(=O)(=O)c4ccc(OCC5(F)CCN(C6CC6)CC5)c([N+](=O)[O-])c4)c(-n4ncc5nc6[nH]ccc6cc54)c3)CC2)=C(c2ccc(Cl)cc2)C1. The quantitative estimate of drug-likeness (QED) is 0.0838. The van der Waals surface area contributed by atoms with Crippen LogP contribution in [0.15, 0.2) is 95.7 Å². The van der Waals surface area contributed by atoms with Crippen molar-refractivity contribution in [2.75, 3.05) is 57.3 Å². The number of benzene rings is 3. The molecule has 2 N–H and O–H groups in total. The molecular weight excluding hydrogens is 897 g/mol. The van der Waals surface area contributed by atoms with E-state index in [1.54, 1.807) is 29.2 Å². The number of carbonyl (C=O) groups is 1. The predicted molar refractivity (Wildman–Crippen MR) is 256 cm³/mol. The fourth-order valence-electron chi connectivity index (χ4n) is 9.84. The second kappa shape index (κ2) is 17.6. The maximum Gasteiger partial charge on any atom is 0.312 e. The largest absolute Gasteiger partial charge is 0.483 e. The van der Waals surface area contributed by atoms with E-state index in [1.165, 1.54) is 16.7 Å². The van der Waals surface area contributed by atoms with Crippen molar-refractivity contribution in [3.05, 3.63) is 117 Å². The lowest BCUT2D eigenvalue weighted by Crippen LogP contribution is -2.47. The zero-order valence-corrected chi connectivity index (χ0v) is 39.1. The van der Waals surface area contributed by atoms with E-state index in [0.717, 1.165) is 86.0 Å². The molecule has 3 fully saturated rings. The number of likely N-dealkylation sites (tertiary alicyclic amines) is 1. The first-order valence-corrected chi connectivity index (χ1v) is 24.8. The molecule has 0 atom stereocenters. The minimum absolute atomic E-state index is 0.00226. The molecule has 1 saturated carbocycles. The van der Waals surface area contributed by atoms with Crippen molar-refractivity contribution in [3.63, 3.8) is 0 Å². The van der Waals surface area contributed by atoms with Crippen LogP contribution in [0.1, 0.15) is 74.7 Å². The van der Waals surface area contributed by atoms with Crippen molar-refractivity contribution < 1.29 is 27.3 Å². The summed E-state index contributed by atoms with van der Waals surface area (Å²) >= 11 is 6.26. The lowest BCUT2D eigenvalue weighted by atomic mass is 9.72. The molecule has 1 amide bonds. The van der Waals surface area contributed by atoms with Gasteiger partial charge in [0.15, 0.2) is 5.75 Å². The van der Waals surface area contributed by atoms with E-state index in [9.17, 15) is 23.3 Å². The molecular formula is C49H53ClFN9O6S. The summed E-state index contributed by atoms with van der Waals surface area (Å²) in [6, 6.07) is 20.7. The van der Waals surface area contributed by atoms with Crippen LogP contribution in [-0.2, 0) is 10.0 Å². The van der Waals surface area contributed by atoms with E-state index in [2.05, 4.69) is 55.5 Å². The number of carbonyl (C=O) groups excluding carboxylic acids is 1. The summed E-state index contributed by atoms with van der Waals surface area (Å²) in [5, 5.41) is 18.4. The van der Waals surface area contributed by atoms with Crippen LogP contribution < -0.4 is 14.4 Å². The fourth-order valence-corrected chi connectivity index (χ4v) is 11.0. The lowest BCUT2D eigenvalue weighted by Gasteiger charge is -2.39. The monoisotopic (exact) mass is 949 g/mol. The van der Waals surface area contributed by atoms with Gasteiger partial charge in [0.25, 0.3) is 15.9 Å². The highest BCUT2D eigenvalue weighted by molar-refractivity contribution is 7.90. The average Bonchev–Trinajstić information content (AvgIpc) is 3.92. The highest BCUT2D eigenvalue weighted by Gasteiger charge is 2.40. The number of aromatic amines is 1. The number of pyridine rings is 1. The van der Waals surface area contributed by atoms with Gasteiger partial charge >= 0.3 is 5.69 Å². The van der Waals surface area contributed by atoms with Crippen LogP contribution >= 0.6 is 11.6 Å². The molecule has 15 nitrogen and oxygen atoms in total. The highest BCUT2D eigenvalue weighted by Crippen LogP contribution is 2.44. The van der Waals surface area contributed by atoms with Gasteiger partial charge in [-0.1, -0.05) is 43.2 Å². The molecule has 350 valence electrons. The summed E-state index contributed by atoms with van der Waals surface area (Å²) in [5.74, 6) is -1.23. The Morgan fingerprint density at radius 2 is 1.75 bits per heavy atom. The Hall–Kier alpha value is -5.88. The number of rotatable bonds is 13. The molecule has 5 heterocycles.